The van der Waals surface area contributed by atoms with Crippen molar-refractivity contribution in [2.75, 3.05) is 6.54 Å². The van der Waals surface area contributed by atoms with Crippen molar-refractivity contribution in [1.82, 2.24) is 15.2 Å². The Kier molecular flexibility index (Phi) is 7.17. The molecule has 1 aliphatic heterocycles. The molecular formula is C25H27N3O4S. The zero-order chi connectivity index (χ0) is 23.4. The minimum absolute atomic E-state index is 0.168. The van der Waals surface area contributed by atoms with Gasteiger partial charge >= 0.3 is 0 Å². The maximum absolute atomic E-state index is 12.9. The number of rotatable bonds is 7. The average molecular weight is 466 g/mol. The van der Waals surface area contributed by atoms with Crippen molar-refractivity contribution >= 4 is 23.2 Å². The van der Waals surface area contributed by atoms with Gasteiger partial charge in [-0.1, -0.05) is 54.1 Å². The van der Waals surface area contributed by atoms with Gasteiger partial charge in [0, 0.05) is 30.2 Å². The average Bonchev–Trinajstić information content (AvgIpc) is 3.54. The van der Waals surface area contributed by atoms with Gasteiger partial charge in [-0.15, -0.1) is 11.3 Å². The monoisotopic (exact) mass is 465 g/mol. The van der Waals surface area contributed by atoms with Crippen LogP contribution in [-0.4, -0.2) is 50.7 Å². The van der Waals surface area contributed by atoms with E-state index in [1.54, 1.807) is 22.4 Å². The van der Waals surface area contributed by atoms with Gasteiger partial charge in [0.2, 0.25) is 0 Å². The molecule has 172 valence electrons. The second-order valence-electron chi connectivity index (χ2n) is 8.25. The molecule has 0 radical (unpaired) electrons. The SMILES string of the molecule is Cc1cccc(C2CCCN2C(=O)[C@H](O)[C@@H](O)C(=O)NCc2ccc(-c3nccs3)cc2)c1. The molecule has 0 aliphatic carbocycles. The van der Waals surface area contributed by atoms with Crippen molar-refractivity contribution in [3.8, 4) is 10.6 Å². The van der Waals surface area contributed by atoms with E-state index in [-0.39, 0.29) is 12.6 Å². The van der Waals surface area contributed by atoms with Crippen LogP contribution in [-0.2, 0) is 16.1 Å². The van der Waals surface area contributed by atoms with E-state index >= 15 is 0 Å². The third-order valence-electron chi connectivity index (χ3n) is 5.88. The fourth-order valence-corrected chi connectivity index (χ4v) is 4.77. The summed E-state index contributed by atoms with van der Waals surface area (Å²) in [6, 6.07) is 15.3. The lowest BCUT2D eigenvalue weighted by Crippen LogP contribution is -2.50. The molecule has 7 nitrogen and oxygen atoms in total. The first kappa shape index (κ1) is 23.1. The molecule has 3 atom stereocenters. The van der Waals surface area contributed by atoms with Crippen LogP contribution in [0.4, 0.5) is 0 Å². The number of aliphatic hydroxyl groups is 2. The van der Waals surface area contributed by atoms with E-state index in [1.165, 1.54) is 0 Å². The predicted octanol–water partition coefficient (Wildman–Crippen LogP) is 2.82. The number of carbonyl (C=O) groups excluding carboxylic acids is 2. The summed E-state index contributed by atoms with van der Waals surface area (Å²) in [5.41, 5.74) is 3.89. The summed E-state index contributed by atoms with van der Waals surface area (Å²) in [7, 11) is 0. The highest BCUT2D eigenvalue weighted by molar-refractivity contribution is 7.13. The molecule has 0 saturated carbocycles. The number of likely N-dealkylation sites (tertiary alicyclic amines) is 1. The number of thiazole rings is 1. The summed E-state index contributed by atoms with van der Waals surface area (Å²) in [4.78, 5) is 31.2. The molecule has 0 spiro atoms. The number of nitrogens with zero attached hydrogens (tertiary/aromatic N) is 2. The largest absolute Gasteiger partial charge is 0.380 e. The van der Waals surface area contributed by atoms with Gasteiger partial charge in [0.15, 0.2) is 12.2 Å². The Hall–Kier alpha value is -3.07. The second-order valence-corrected chi connectivity index (χ2v) is 9.14. The molecule has 3 N–H and O–H groups in total. The first-order valence-electron chi connectivity index (χ1n) is 10.9. The summed E-state index contributed by atoms with van der Waals surface area (Å²) in [6.45, 7) is 2.64. The first-order chi connectivity index (χ1) is 15.9. The molecule has 1 unspecified atom stereocenters. The van der Waals surface area contributed by atoms with Crippen LogP contribution >= 0.6 is 11.3 Å². The van der Waals surface area contributed by atoms with E-state index in [4.69, 9.17) is 0 Å². The molecule has 1 saturated heterocycles. The van der Waals surface area contributed by atoms with Crippen LogP contribution in [0.25, 0.3) is 10.6 Å². The molecule has 4 rings (SSSR count). The molecule has 2 amide bonds. The van der Waals surface area contributed by atoms with Crippen molar-refractivity contribution in [2.24, 2.45) is 0 Å². The summed E-state index contributed by atoms with van der Waals surface area (Å²) < 4.78 is 0. The van der Waals surface area contributed by atoms with Gasteiger partial charge in [-0.3, -0.25) is 9.59 Å². The Morgan fingerprint density at radius 2 is 1.97 bits per heavy atom. The molecule has 3 aromatic rings. The topological polar surface area (TPSA) is 103 Å². The number of hydrogen-bond acceptors (Lipinski definition) is 6. The molecular weight excluding hydrogens is 438 g/mol. The van der Waals surface area contributed by atoms with Crippen LogP contribution in [0.1, 0.15) is 35.6 Å². The number of amides is 2. The lowest BCUT2D eigenvalue weighted by molar-refractivity contribution is -0.153. The molecule has 0 bridgehead atoms. The van der Waals surface area contributed by atoms with Crippen molar-refractivity contribution in [3.63, 3.8) is 0 Å². The molecule has 1 aromatic heterocycles. The Bertz CT molecular complexity index is 1100. The minimum atomic E-state index is -1.84. The van der Waals surface area contributed by atoms with Gasteiger partial charge < -0.3 is 20.4 Å². The summed E-state index contributed by atoms with van der Waals surface area (Å²) in [5.74, 6) is -1.42. The van der Waals surface area contributed by atoms with Crippen molar-refractivity contribution < 1.29 is 19.8 Å². The summed E-state index contributed by atoms with van der Waals surface area (Å²) in [6.07, 6.45) is -0.334. The van der Waals surface area contributed by atoms with Crippen LogP contribution in [0.2, 0.25) is 0 Å². The van der Waals surface area contributed by atoms with Crippen LogP contribution < -0.4 is 5.32 Å². The number of hydrogen-bond donors (Lipinski definition) is 3. The smallest absolute Gasteiger partial charge is 0.255 e. The summed E-state index contributed by atoms with van der Waals surface area (Å²) >= 11 is 1.54. The zero-order valence-corrected chi connectivity index (χ0v) is 19.2. The first-order valence-corrected chi connectivity index (χ1v) is 11.8. The maximum atomic E-state index is 12.9. The molecule has 33 heavy (non-hydrogen) atoms. The van der Waals surface area contributed by atoms with E-state index < -0.39 is 24.0 Å². The molecule has 8 heteroatoms. The third kappa shape index (κ3) is 5.30. The van der Waals surface area contributed by atoms with Gasteiger partial charge in [0.25, 0.3) is 11.8 Å². The minimum Gasteiger partial charge on any atom is -0.380 e. The lowest BCUT2D eigenvalue weighted by atomic mass is 10.0. The Labute approximate surface area is 196 Å². The van der Waals surface area contributed by atoms with Crippen LogP contribution in [0.15, 0.2) is 60.1 Å². The fraction of sp³-hybridized carbons (Fsp3) is 0.320. The van der Waals surface area contributed by atoms with Crippen molar-refractivity contribution in [2.45, 2.75) is 44.6 Å². The number of carbonyl (C=O) groups is 2. The zero-order valence-electron chi connectivity index (χ0n) is 18.3. The lowest BCUT2D eigenvalue weighted by Gasteiger charge is -2.28. The van der Waals surface area contributed by atoms with Gasteiger partial charge in [0.1, 0.15) is 5.01 Å². The molecule has 2 aromatic carbocycles. The fourth-order valence-electron chi connectivity index (χ4n) is 4.13. The highest BCUT2D eigenvalue weighted by atomic mass is 32.1. The highest BCUT2D eigenvalue weighted by Crippen LogP contribution is 2.33. The maximum Gasteiger partial charge on any atom is 0.255 e. The number of nitrogens with one attached hydrogen (secondary N) is 1. The molecule has 1 fully saturated rings. The van der Waals surface area contributed by atoms with Crippen molar-refractivity contribution in [3.05, 3.63) is 76.8 Å². The predicted molar refractivity (Wildman–Crippen MR) is 126 cm³/mol. The van der Waals surface area contributed by atoms with E-state index in [1.807, 2.05) is 60.8 Å². The third-order valence-corrected chi connectivity index (χ3v) is 6.71. The number of aryl methyl sites for hydroxylation is 1. The van der Waals surface area contributed by atoms with E-state index in [0.29, 0.717) is 6.54 Å². The molecule has 1 aliphatic rings. The normalized spacial score (nSPS) is 17.5. The standard InChI is InChI=1S/C25H27N3O4S/c1-16-4-2-5-19(14-16)20-6-3-12-28(20)25(32)22(30)21(29)23(31)27-15-17-7-9-18(10-8-17)24-26-11-13-33-24/h2,4-5,7-11,13-14,20-22,29-30H,3,6,12,15H2,1H3,(H,27,31)/t20?,21-,22-/m1/s1. The van der Waals surface area contributed by atoms with E-state index in [0.717, 1.165) is 40.1 Å². The Morgan fingerprint density at radius 3 is 2.67 bits per heavy atom. The quantitative estimate of drug-likeness (QED) is 0.498. The van der Waals surface area contributed by atoms with Gasteiger partial charge in [-0.2, -0.15) is 0 Å². The van der Waals surface area contributed by atoms with Crippen LogP contribution in [0, 0.1) is 6.92 Å². The summed E-state index contributed by atoms with van der Waals surface area (Å²) in [5, 5.41) is 26.2. The Morgan fingerprint density at radius 1 is 1.18 bits per heavy atom. The second kappa shape index (κ2) is 10.2. The van der Waals surface area contributed by atoms with Crippen LogP contribution in [0.3, 0.4) is 0 Å². The van der Waals surface area contributed by atoms with E-state index in [9.17, 15) is 19.8 Å². The van der Waals surface area contributed by atoms with Gasteiger partial charge in [-0.25, -0.2) is 4.98 Å². The van der Waals surface area contributed by atoms with Gasteiger partial charge in [0.05, 0.1) is 6.04 Å². The van der Waals surface area contributed by atoms with Crippen LogP contribution in [0.5, 0.6) is 0 Å². The molecule has 2 heterocycles. The highest BCUT2D eigenvalue weighted by Gasteiger charge is 2.38. The number of aromatic nitrogens is 1. The van der Waals surface area contributed by atoms with Crippen molar-refractivity contribution in [1.29, 1.82) is 0 Å². The van der Waals surface area contributed by atoms with E-state index in [2.05, 4.69) is 10.3 Å². The number of aliphatic hydroxyl groups excluding tert-OH is 2. The Balaban J connectivity index is 1.34. The number of benzene rings is 2. The van der Waals surface area contributed by atoms with Gasteiger partial charge in [-0.05, 0) is 30.9 Å².